The van der Waals surface area contributed by atoms with Crippen molar-refractivity contribution in [1.29, 1.82) is 0 Å². The van der Waals surface area contributed by atoms with Crippen LogP contribution >= 0.6 is 11.6 Å². The van der Waals surface area contributed by atoms with Gasteiger partial charge in [-0.2, -0.15) is 0 Å². The standard InChI is InChI=1S/C11H17ClO/c1-10(2)5-9(12)8(6-13)11(3,4)7-10/h6H,5,7H2,1-4H3. The van der Waals surface area contributed by atoms with Gasteiger partial charge in [-0.3, -0.25) is 4.79 Å². The molecule has 0 saturated heterocycles. The maximum atomic E-state index is 10.9. The molecule has 0 fully saturated rings. The molecule has 0 bridgehead atoms. The first-order chi connectivity index (χ1) is 5.78. The summed E-state index contributed by atoms with van der Waals surface area (Å²) in [5.41, 5.74) is 0.932. The first-order valence-electron chi connectivity index (χ1n) is 4.63. The number of carbonyl (C=O) groups is 1. The molecule has 13 heavy (non-hydrogen) atoms. The third-order valence-corrected chi connectivity index (χ3v) is 3.03. The van der Waals surface area contributed by atoms with Crippen LogP contribution < -0.4 is 0 Å². The lowest BCUT2D eigenvalue weighted by molar-refractivity contribution is -0.106. The fraction of sp³-hybridized carbons (Fsp3) is 0.727. The van der Waals surface area contributed by atoms with Gasteiger partial charge < -0.3 is 0 Å². The van der Waals surface area contributed by atoms with Gasteiger partial charge in [-0.05, 0) is 23.7 Å². The van der Waals surface area contributed by atoms with Gasteiger partial charge in [0.15, 0.2) is 0 Å². The summed E-state index contributed by atoms with van der Waals surface area (Å²) in [5.74, 6) is 0. The number of allylic oxidation sites excluding steroid dienone is 2. The number of hydrogen-bond acceptors (Lipinski definition) is 1. The van der Waals surface area contributed by atoms with E-state index < -0.39 is 0 Å². The van der Waals surface area contributed by atoms with Crippen LogP contribution in [0, 0.1) is 10.8 Å². The molecule has 0 aliphatic heterocycles. The maximum Gasteiger partial charge on any atom is 0.147 e. The van der Waals surface area contributed by atoms with E-state index in [0.717, 1.165) is 29.7 Å². The van der Waals surface area contributed by atoms with E-state index in [9.17, 15) is 4.79 Å². The number of hydrogen-bond donors (Lipinski definition) is 0. The Hall–Kier alpha value is -0.300. The molecule has 0 atom stereocenters. The highest BCUT2D eigenvalue weighted by Crippen LogP contribution is 2.49. The van der Waals surface area contributed by atoms with Crippen molar-refractivity contribution in [2.75, 3.05) is 0 Å². The summed E-state index contributed by atoms with van der Waals surface area (Å²) in [4.78, 5) is 10.9. The molecule has 74 valence electrons. The topological polar surface area (TPSA) is 17.1 Å². The summed E-state index contributed by atoms with van der Waals surface area (Å²) in [6, 6.07) is 0. The molecule has 0 amide bonds. The average Bonchev–Trinajstić information content (AvgIpc) is 1.79. The SMILES string of the molecule is CC1(C)CC(Cl)=C(C=O)C(C)(C)C1. The van der Waals surface area contributed by atoms with Gasteiger partial charge in [0, 0.05) is 10.6 Å². The Bertz CT molecular complexity index is 261. The number of carbonyl (C=O) groups excluding carboxylic acids is 1. The highest BCUT2D eigenvalue weighted by Gasteiger charge is 2.38. The van der Waals surface area contributed by atoms with E-state index in [1.54, 1.807) is 0 Å². The van der Waals surface area contributed by atoms with Crippen molar-refractivity contribution in [2.24, 2.45) is 10.8 Å². The van der Waals surface area contributed by atoms with Gasteiger partial charge >= 0.3 is 0 Å². The number of halogens is 1. The van der Waals surface area contributed by atoms with Gasteiger partial charge in [0.25, 0.3) is 0 Å². The lowest BCUT2D eigenvalue weighted by Gasteiger charge is -2.40. The van der Waals surface area contributed by atoms with Crippen LogP contribution in [0.2, 0.25) is 0 Å². The van der Waals surface area contributed by atoms with E-state index in [4.69, 9.17) is 11.6 Å². The zero-order valence-corrected chi connectivity index (χ0v) is 9.53. The van der Waals surface area contributed by atoms with Crippen molar-refractivity contribution < 1.29 is 4.79 Å². The molecule has 0 aromatic carbocycles. The van der Waals surface area contributed by atoms with Gasteiger partial charge in [-0.25, -0.2) is 0 Å². The van der Waals surface area contributed by atoms with Crippen LogP contribution in [0.25, 0.3) is 0 Å². The molecule has 0 spiro atoms. The number of aldehydes is 1. The van der Waals surface area contributed by atoms with E-state index in [2.05, 4.69) is 27.7 Å². The minimum atomic E-state index is -0.0689. The van der Waals surface area contributed by atoms with E-state index >= 15 is 0 Å². The summed E-state index contributed by atoms with van der Waals surface area (Å²) in [6.07, 6.45) is 2.76. The second kappa shape index (κ2) is 3.13. The van der Waals surface area contributed by atoms with Crippen LogP contribution in [0.3, 0.4) is 0 Å². The lowest BCUT2D eigenvalue weighted by atomic mass is 9.65. The molecule has 0 saturated carbocycles. The number of rotatable bonds is 1. The molecule has 1 rings (SSSR count). The first kappa shape index (κ1) is 10.8. The Balaban J connectivity index is 3.12. The van der Waals surface area contributed by atoms with Crippen molar-refractivity contribution in [3.8, 4) is 0 Å². The van der Waals surface area contributed by atoms with Crippen molar-refractivity contribution in [1.82, 2.24) is 0 Å². The van der Waals surface area contributed by atoms with E-state index in [-0.39, 0.29) is 10.8 Å². The minimum Gasteiger partial charge on any atom is -0.298 e. The lowest BCUT2D eigenvalue weighted by Crippen LogP contribution is -2.31. The highest BCUT2D eigenvalue weighted by atomic mass is 35.5. The molecule has 2 heteroatoms. The first-order valence-corrected chi connectivity index (χ1v) is 5.01. The Morgan fingerprint density at radius 2 is 1.85 bits per heavy atom. The molecule has 0 heterocycles. The molecular weight excluding hydrogens is 184 g/mol. The summed E-state index contributed by atoms with van der Waals surface area (Å²) in [7, 11) is 0. The van der Waals surface area contributed by atoms with Gasteiger partial charge in [-0.15, -0.1) is 0 Å². The van der Waals surface area contributed by atoms with Crippen LogP contribution in [0.15, 0.2) is 10.6 Å². The molecule has 0 unspecified atom stereocenters. The smallest absolute Gasteiger partial charge is 0.147 e. The van der Waals surface area contributed by atoms with Crippen LogP contribution in [-0.2, 0) is 4.79 Å². The maximum absolute atomic E-state index is 10.9. The highest BCUT2D eigenvalue weighted by molar-refractivity contribution is 6.31. The Kier molecular flexibility index (Phi) is 2.59. The molecule has 0 N–H and O–H groups in total. The summed E-state index contributed by atoms with van der Waals surface area (Å²) in [5, 5.41) is 0.747. The van der Waals surface area contributed by atoms with Crippen LogP contribution in [0.5, 0.6) is 0 Å². The van der Waals surface area contributed by atoms with Crippen LogP contribution in [0.4, 0.5) is 0 Å². The van der Waals surface area contributed by atoms with Crippen LogP contribution in [0.1, 0.15) is 40.5 Å². The van der Waals surface area contributed by atoms with Gasteiger partial charge in [-0.1, -0.05) is 39.3 Å². The van der Waals surface area contributed by atoms with Crippen molar-refractivity contribution in [3.63, 3.8) is 0 Å². The minimum absolute atomic E-state index is 0.0689. The molecule has 0 aromatic heterocycles. The molecule has 1 aliphatic carbocycles. The van der Waals surface area contributed by atoms with E-state index in [1.807, 2.05) is 0 Å². The monoisotopic (exact) mass is 200 g/mol. The van der Waals surface area contributed by atoms with E-state index in [1.165, 1.54) is 0 Å². The molecular formula is C11H17ClO. The fourth-order valence-electron chi connectivity index (χ4n) is 2.46. The second-order valence-electron chi connectivity index (χ2n) is 5.34. The Morgan fingerprint density at radius 3 is 2.23 bits per heavy atom. The Labute approximate surface area is 85.2 Å². The van der Waals surface area contributed by atoms with Gasteiger partial charge in [0.1, 0.15) is 6.29 Å². The zero-order chi connectivity index (χ0) is 10.3. The summed E-state index contributed by atoms with van der Waals surface area (Å²) < 4.78 is 0. The summed E-state index contributed by atoms with van der Waals surface area (Å²) in [6.45, 7) is 8.55. The molecule has 1 nitrogen and oxygen atoms in total. The predicted molar refractivity (Wildman–Crippen MR) is 55.7 cm³/mol. The Morgan fingerprint density at radius 1 is 1.31 bits per heavy atom. The van der Waals surface area contributed by atoms with Crippen molar-refractivity contribution in [2.45, 2.75) is 40.5 Å². The normalized spacial score (nSPS) is 25.9. The zero-order valence-electron chi connectivity index (χ0n) is 8.78. The van der Waals surface area contributed by atoms with Crippen LogP contribution in [-0.4, -0.2) is 6.29 Å². The van der Waals surface area contributed by atoms with Crippen molar-refractivity contribution in [3.05, 3.63) is 10.6 Å². The molecule has 1 aliphatic rings. The van der Waals surface area contributed by atoms with Crippen molar-refractivity contribution >= 4 is 17.9 Å². The second-order valence-corrected chi connectivity index (χ2v) is 5.79. The van der Waals surface area contributed by atoms with Gasteiger partial charge in [0.05, 0.1) is 0 Å². The molecule has 0 radical (unpaired) electrons. The third kappa shape index (κ3) is 2.14. The predicted octanol–water partition coefficient (Wildman–Crippen LogP) is 3.52. The summed E-state index contributed by atoms with van der Waals surface area (Å²) >= 11 is 6.10. The van der Waals surface area contributed by atoms with Gasteiger partial charge in [0.2, 0.25) is 0 Å². The largest absolute Gasteiger partial charge is 0.298 e. The fourth-order valence-corrected chi connectivity index (χ4v) is 3.12. The average molecular weight is 201 g/mol. The van der Waals surface area contributed by atoms with E-state index in [0.29, 0.717) is 0 Å². The third-order valence-electron chi connectivity index (χ3n) is 2.69. The molecule has 0 aromatic rings. The quantitative estimate of drug-likeness (QED) is 0.592.